The average molecular weight is 239 g/mol. The van der Waals surface area contributed by atoms with Gasteiger partial charge in [-0.05, 0) is 6.92 Å². The molecule has 3 N–H and O–H groups in total. The Hall–Kier alpha value is -2.05. The molecule has 94 valence electrons. The van der Waals surface area contributed by atoms with Crippen LogP contribution < -0.4 is 11.1 Å². The van der Waals surface area contributed by atoms with Gasteiger partial charge >= 0.3 is 0 Å². The normalized spacial score (nSPS) is 10.1. The van der Waals surface area contributed by atoms with Crippen molar-refractivity contribution >= 4 is 17.5 Å². The van der Waals surface area contributed by atoms with Gasteiger partial charge in [-0.2, -0.15) is 5.10 Å². The Morgan fingerprint density at radius 3 is 2.71 bits per heavy atom. The number of likely N-dealkylation sites (N-methyl/N-ethyl adjacent to an activating group) is 2. The van der Waals surface area contributed by atoms with E-state index < -0.39 is 0 Å². The van der Waals surface area contributed by atoms with Gasteiger partial charge in [-0.1, -0.05) is 0 Å². The van der Waals surface area contributed by atoms with Gasteiger partial charge in [-0.25, -0.2) is 0 Å². The number of carbonyl (C=O) groups is 2. The Balaban J connectivity index is 2.70. The molecule has 0 aliphatic carbocycles. The molecule has 17 heavy (non-hydrogen) atoms. The number of nitrogens with zero attached hydrogens (tertiary/aromatic N) is 3. The molecule has 0 bridgehead atoms. The van der Waals surface area contributed by atoms with E-state index in [0.717, 1.165) is 0 Å². The lowest BCUT2D eigenvalue weighted by molar-refractivity contribution is -0.121. The summed E-state index contributed by atoms with van der Waals surface area (Å²) in [5.74, 6) is -0.577. The highest BCUT2D eigenvalue weighted by molar-refractivity contribution is 5.98. The minimum absolute atomic E-state index is 0.0112. The third-order valence-electron chi connectivity index (χ3n) is 2.16. The van der Waals surface area contributed by atoms with Gasteiger partial charge in [0.25, 0.3) is 5.91 Å². The molecule has 1 heterocycles. The molecule has 0 unspecified atom stereocenters. The van der Waals surface area contributed by atoms with Gasteiger partial charge in [0.2, 0.25) is 5.91 Å². The first kappa shape index (κ1) is 13.0. The van der Waals surface area contributed by atoms with Crippen molar-refractivity contribution in [1.29, 1.82) is 0 Å². The number of rotatable bonds is 4. The van der Waals surface area contributed by atoms with Crippen LogP contribution in [0.3, 0.4) is 0 Å². The summed E-state index contributed by atoms with van der Waals surface area (Å²) in [6.07, 6.45) is 1.55. The van der Waals surface area contributed by atoms with E-state index in [9.17, 15) is 9.59 Å². The van der Waals surface area contributed by atoms with Crippen LogP contribution in [-0.4, -0.2) is 46.6 Å². The van der Waals surface area contributed by atoms with Crippen LogP contribution in [0, 0.1) is 0 Å². The zero-order chi connectivity index (χ0) is 13.0. The zero-order valence-corrected chi connectivity index (χ0v) is 10.2. The molecule has 0 spiro atoms. The summed E-state index contributed by atoms with van der Waals surface area (Å²) in [7, 11) is 3.21. The number of carbonyl (C=O) groups excluding carboxylic acids is 2. The van der Waals surface area contributed by atoms with Crippen molar-refractivity contribution in [2.24, 2.45) is 7.05 Å². The molecule has 0 fully saturated rings. The number of hydrogen-bond donors (Lipinski definition) is 2. The second-order valence-electron chi connectivity index (χ2n) is 3.72. The Bertz CT molecular complexity index is 426. The highest BCUT2D eigenvalue weighted by Gasteiger charge is 2.19. The second kappa shape index (κ2) is 5.33. The summed E-state index contributed by atoms with van der Waals surface area (Å²) in [5.41, 5.74) is 6.11. The van der Waals surface area contributed by atoms with Crippen LogP contribution in [0.4, 0.5) is 5.69 Å². The lowest BCUT2D eigenvalue weighted by atomic mass is 10.3. The molecular formula is C10H17N5O2. The van der Waals surface area contributed by atoms with Crippen LogP contribution in [0.2, 0.25) is 0 Å². The lowest BCUT2D eigenvalue weighted by Crippen LogP contribution is -2.38. The molecule has 0 saturated heterocycles. The quantitative estimate of drug-likeness (QED) is 0.720. The van der Waals surface area contributed by atoms with Crippen molar-refractivity contribution in [3.05, 3.63) is 11.9 Å². The molecule has 0 saturated carbocycles. The van der Waals surface area contributed by atoms with E-state index in [2.05, 4.69) is 10.4 Å². The third kappa shape index (κ3) is 3.20. The Morgan fingerprint density at radius 2 is 2.24 bits per heavy atom. The molecule has 2 amide bonds. The monoisotopic (exact) mass is 239 g/mol. The molecule has 7 nitrogen and oxygen atoms in total. The van der Waals surface area contributed by atoms with Crippen LogP contribution in [0.25, 0.3) is 0 Å². The Morgan fingerprint density at radius 1 is 1.59 bits per heavy atom. The molecular weight excluding hydrogens is 222 g/mol. The molecule has 0 radical (unpaired) electrons. The van der Waals surface area contributed by atoms with Crippen molar-refractivity contribution in [1.82, 2.24) is 20.0 Å². The number of aromatic nitrogens is 2. The third-order valence-corrected chi connectivity index (χ3v) is 2.16. The second-order valence-corrected chi connectivity index (χ2v) is 3.72. The van der Waals surface area contributed by atoms with Crippen LogP contribution in [-0.2, 0) is 11.8 Å². The SMILES string of the molecule is CCNC(=O)CN(C)C(=O)c1nn(C)cc1N. The number of nitrogens with two attached hydrogens (primary N) is 1. The Kier molecular flexibility index (Phi) is 4.08. The number of aryl methyl sites for hydroxylation is 1. The van der Waals surface area contributed by atoms with Crippen LogP contribution in [0.1, 0.15) is 17.4 Å². The van der Waals surface area contributed by atoms with Gasteiger partial charge in [-0.3, -0.25) is 14.3 Å². The molecule has 0 aromatic carbocycles. The molecule has 0 aliphatic rings. The molecule has 0 atom stereocenters. The summed E-state index contributed by atoms with van der Waals surface area (Å²) < 4.78 is 1.46. The average Bonchev–Trinajstić information content (AvgIpc) is 2.56. The van der Waals surface area contributed by atoms with Crippen LogP contribution in [0.5, 0.6) is 0 Å². The van der Waals surface area contributed by atoms with Crippen molar-refractivity contribution in [3.63, 3.8) is 0 Å². The zero-order valence-electron chi connectivity index (χ0n) is 10.2. The highest BCUT2D eigenvalue weighted by atomic mass is 16.2. The maximum Gasteiger partial charge on any atom is 0.276 e. The predicted octanol–water partition coefficient (Wildman–Crippen LogP) is -0.790. The van der Waals surface area contributed by atoms with E-state index >= 15 is 0 Å². The predicted molar refractivity (Wildman–Crippen MR) is 63.3 cm³/mol. The standard InChI is InChI=1S/C10H17N5O2/c1-4-12-8(16)6-14(2)10(17)9-7(11)5-15(3)13-9/h5H,4,6,11H2,1-3H3,(H,12,16). The number of nitrogen functional groups attached to an aromatic ring is 1. The van der Waals surface area contributed by atoms with E-state index in [4.69, 9.17) is 5.73 Å². The van der Waals surface area contributed by atoms with E-state index in [1.165, 1.54) is 16.6 Å². The van der Waals surface area contributed by atoms with Crippen molar-refractivity contribution in [2.75, 3.05) is 25.9 Å². The summed E-state index contributed by atoms with van der Waals surface area (Å²) in [5, 5.41) is 6.57. The van der Waals surface area contributed by atoms with Crippen LogP contribution in [0.15, 0.2) is 6.20 Å². The lowest BCUT2D eigenvalue weighted by Gasteiger charge is -2.15. The van der Waals surface area contributed by atoms with E-state index in [-0.39, 0.29) is 24.1 Å². The van der Waals surface area contributed by atoms with Gasteiger partial charge in [-0.15, -0.1) is 0 Å². The molecule has 7 heteroatoms. The molecule has 1 rings (SSSR count). The number of amides is 2. The minimum atomic E-state index is -0.366. The molecule has 1 aromatic heterocycles. The summed E-state index contributed by atoms with van der Waals surface area (Å²) in [6, 6.07) is 0. The van der Waals surface area contributed by atoms with Gasteiger partial charge in [0.15, 0.2) is 5.69 Å². The van der Waals surface area contributed by atoms with Gasteiger partial charge in [0, 0.05) is 26.8 Å². The fourth-order valence-electron chi connectivity index (χ4n) is 1.39. The highest BCUT2D eigenvalue weighted by Crippen LogP contribution is 2.10. The fourth-order valence-corrected chi connectivity index (χ4v) is 1.39. The summed E-state index contributed by atoms with van der Waals surface area (Å²) in [4.78, 5) is 24.5. The van der Waals surface area contributed by atoms with Gasteiger partial charge < -0.3 is 16.0 Å². The summed E-state index contributed by atoms with van der Waals surface area (Å²) in [6.45, 7) is 2.34. The summed E-state index contributed by atoms with van der Waals surface area (Å²) >= 11 is 0. The fraction of sp³-hybridized carbons (Fsp3) is 0.500. The topological polar surface area (TPSA) is 93.2 Å². The van der Waals surface area contributed by atoms with Gasteiger partial charge in [0.05, 0.1) is 12.2 Å². The van der Waals surface area contributed by atoms with Crippen molar-refractivity contribution in [3.8, 4) is 0 Å². The first-order valence-corrected chi connectivity index (χ1v) is 5.27. The maximum absolute atomic E-state index is 11.9. The van der Waals surface area contributed by atoms with Crippen LogP contribution >= 0.6 is 0 Å². The Labute approximate surface area is 99.6 Å². The number of nitrogens with one attached hydrogen (secondary N) is 1. The largest absolute Gasteiger partial charge is 0.396 e. The molecule has 0 aliphatic heterocycles. The first-order valence-electron chi connectivity index (χ1n) is 5.27. The van der Waals surface area contributed by atoms with Crippen molar-refractivity contribution in [2.45, 2.75) is 6.92 Å². The number of anilines is 1. The molecule has 1 aromatic rings. The first-order chi connectivity index (χ1) is 7.95. The minimum Gasteiger partial charge on any atom is -0.396 e. The smallest absolute Gasteiger partial charge is 0.276 e. The van der Waals surface area contributed by atoms with Gasteiger partial charge in [0.1, 0.15) is 0 Å². The number of hydrogen-bond acceptors (Lipinski definition) is 4. The van der Waals surface area contributed by atoms with Crippen molar-refractivity contribution < 1.29 is 9.59 Å². The van der Waals surface area contributed by atoms with E-state index in [1.807, 2.05) is 6.92 Å². The maximum atomic E-state index is 11.9. The van der Waals surface area contributed by atoms with E-state index in [1.54, 1.807) is 13.2 Å². The van der Waals surface area contributed by atoms with E-state index in [0.29, 0.717) is 12.2 Å².